The Hall–Kier alpha value is -1.74. The van der Waals surface area contributed by atoms with Gasteiger partial charge in [-0.2, -0.15) is 0 Å². The molecule has 0 amide bonds. The molecule has 1 heterocycles. The number of aliphatic hydroxyl groups excluding tert-OH is 1. The van der Waals surface area contributed by atoms with E-state index in [9.17, 15) is 9.50 Å². The minimum absolute atomic E-state index is 0.128. The van der Waals surface area contributed by atoms with E-state index in [1.807, 2.05) is 37.4 Å². The number of unbranched alkanes of at least 4 members (excludes halogenated alkanes) is 3. The molecule has 0 aliphatic carbocycles. The van der Waals surface area contributed by atoms with Crippen molar-refractivity contribution in [2.24, 2.45) is 0 Å². The first-order chi connectivity index (χ1) is 12.1. The third-order valence-electron chi connectivity index (χ3n) is 4.56. The number of aryl methyl sites for hydroxylation is 2. The maximum atomic E-state index is 14.3. The van der Waals surface area contributed by atoms with Crippen molar-refractivity contribution < 1.29 is 9.50 Å². The van der Waals surface area contributed by atoms with Gasteiger partial charge >= 0.3 is 0 Å². The van der Waals surface area contributed by atoms with E-state index in [-0.39, 0.29) is 11.9 Å². The van der Waals surface area contributed by atoms with Crippen LogP contribution in [-0.4, -0.2) is 16.2 Å². The summed E-state index contributed by atoms with van der Waals surface area (Å²) in [5.74, 6) is -0.128. The lowest BCUT2D eigenvalue weighted by atomic mass is 10.0. The zero-order chi connectivity index (χ0) is 18.1. The van der Waals surface area contributed by atoms with Crippen molar-refractivity contribution in [2.45, 2.75) is 71.3 Å². The fourth-order valence-corrected chi connectivity index (χ4v) is 3.00. The number of aliphatic hydroxyl groups is 1. The highest BCUT2D eigenvalue weighted by molar-refractivity contribution is 5.59. The second-order valence-corrected chi connectivity index (χ2v) is 6.91. The van der Waals surface area contributed by atoms with Crippen molar-refractivity contribution in [3.05, 3.63) is 53.5 Å². The van der Waals surface area contributed by atoms with Gasteiger partial charge in [0.25, 0.3) is 0 Å². The van der Waals surface area contributed by atoms with Crippen LogP contribution < -0.4 is 0 Å². The Kier molecular flexibility index (Phi) is 8.07. The van der Waals surface area contributed by atoms with Crippen LogP contribution in [0.1, 0.15) is 63.5 Å². The molecule has 2 nitrogen and oxygen atoms in total. The molecule has 0 saturated heterocycles. The van der Waals surface area contributed by atoms with Crippen LogP contribution in [0.4, 0.5) is 4.39 Å². The molecule has 0 radical (unpaired) electrons. The molecule has 0 bridgehead atoms. The molecule has 0 aliphatic heterocycles. The number of nitrogens with zero attached hydrogens (tertiary/aromatic N) is 1. The molecule has 0 spiro atoms. The minimum atomic E-state index is -0.254. The minimum Gasteiger partial charge on any atom is -0.393 e. The van der Waals surface area contributed by atoms with Gasteiger partial charge in [-0.3, -0.25) is 4.98 Å². The lowest BCUT2D eigenvalue weighted by Gasteiger charge is -2.08. The molecule has 1 unspecified atom stereocenters. The summed E-state index contributed by atoms with van der Waals surface area (Å²) in [7, 11) is 0. The second-order valence-electron chi connectivity index (χ2n) is 6.91. The van der Waals surface area contributed by atoms with E-state index < -0.39 is 0 Å². The number of hydrogen-bond acceptors (Lipinski definition) is 2. The average Bonchev–Trinajstić information content (AvgIpc) is 2.60. The fraction of sp³-hybridized carbons (Fsp3) is 0.500. The van der Waals surface area contributed by atoms with E-state index >= 15 is 0 Å². The Morgan fingerprint density at radius 3 is 2.52 bits per heavy atom. The summed E-state index contributed by atoms with van der Waals surface area (Å²) in [5, 5.41) is 9.30. The molecule has 3 heteroatoms. The first kappa shape index (κ1) is 19.6. The number of rotatable bonds is 10. The molecule has 2 rings (SSSR count). The largest absolute Gasteiger partial charge is 0.393 e. The Balaban J connectivity index is 1.95. The fourth-order valence-electron chi connectivity index (χ4n) is 3.00. The number of halogens is 1. The SMILES string of the molecule is CCCCCCc1ccc(-c2ccc(CCCC(C)O)cn2)cc1F. The van der Waals surface area contributed by atoms with Gasteiger partial charge in [-0.1, -0.05) is 44.4 Å². The number of benzene rings is 1. The van der Waals surface area contributed by atoms with Gasteiger partial charge in [0, 0.05) is 11.8 Å². The van der Waals surface area contributed by atoms with Crippen molar-refractivity contribution in [3.8, 4) is 11.3 Å². The molecule has 0 fully saturated rings. The Morgan fingerprint density at radius 1 is 1.04 bits per heavy atom. The van der Waals surface area contributed by atoms with Crippen LogP contribution in [0.2, 0.25) is 0 Å². The van der Waals surface area contributed by atoms with E-state index in [4.69, 9.17) is 0 Å². The lowest BCUT2D eigenvalue weighted by Crippen LogP contribution is -2.00. The summed E-state index contributed by atoms with van der Waals surface area (Å²) in [6.45, 7) is 3.99. The average molecular weight is 343 g/mol. The topological polar surface area (TPSA) is 33.1 Å². The summed E-state index contributed by atoms with van der Waals surface area (Å²) in [5.41, 5.74) is 3.58. The molecule has 0 aliphatic rings. The van der Waals surface area contributed by atoms with Crippen LogP contribution in [0, 0.1) is 5.82 Å². The molecular weight excluding hydrogens is 313 g/mol. The highest BCUT2D eigenvalue weighted by Crippen LogP contribution is 2.22. The van der Waals surface area contributed by atoms with E-state index in [1.165, 1.54) is 12.8 Å². The van der Waals surface area contributed by atoms with E-state index in [0.717, 1.165) is 60.9 Å². The Bertz CT molecular complexity index is 637. The van der Waals surface area contributed by atoms with Gasteiger partial charge in [-0.05, 0) is 62.3 Å². The molecule has 1 N–H and O–H groups in total. The Labute approximate surface area is 151 Å². The first-order valence-corrected chi connectivity index (χ1v) is 9.52. The van der Waals surface area contributed by atoms with Crippen molar-refractivity contribution >= 4 is 0 Å². The van der Waals surface area contributed by atoms with Gasteiger partial charge in [0.15, 0.2) is 0 Å². The van der Waals surface area contributed by atoms with Crippen molar-refractivity contribution in [1.82, 2.24) is 4.98 Å². The van der Waals surface area contributed by atoms with Crippen LogP contribution in [0.3, 0.4) is 0 Å². The van der Waals surface area contributed by atoms with Crippen LogP contribution in [0.5, 0.6) is 0 Å². The van der Waals surface area contributed by atoms with Gasteiger partial charge in [0.05, 0.1) is 11.8 Å². The van der Waals surface area contributed by atoms with Gasteiger partial charge in [-0.15, -0.1) is 0 Å². The van der Waals surface area contributed by atoms with E-state index in [1.54, 1.807) is 6.07 Å². The monoisotopic (exact) mass is 343 g/mol. The van der Waals surface area contributed by atoms with Crippen molar-refractivity contribution in [1.29, 1.82) is 0 Å². The standard InChI is InChI=1S/C22H30FNO/c1-3-4-5-6-10-19-12-13-20(15-21(19)23)22-14-11-18(16-24-22)9-7-8-17(2)25/h11-17,25H,3-10H2,1-2H3. The van der Waals surface area contributed by atoms with Crippen LogP contribution >= 0.6 is 0 Å². The molecule has 1 atom stereocenters. The zero-order valence-electron chi connectivity index (χ0n) is 15.5. The van der Waals surface area contributed by atoms with Gasteiger partial charge < -0.3 is 5.11 Å². The normalized spacial score (nSPS) is 12.3. The highest BCUT2D eigenvalue weighted by atomic mass is 19.1. The summed E-state index contributed by atoms with van der Waals surface area (Å²) < 4.78 is 14.3. The molecule has 25 heavy (non-hydrogen) atoms. The van der Waals surface area contributed by atoms with Crippen LogP contribution in [-0.2, 0) is 12.8 Å². The molecule has 2 aromatic rings. The number of hydrogen-bond donors (Lipinski definition) is 1. The summed E-state index contributed by atoms with van der Waals surface area (Å²) in [6, 6.07) is 9.46. The predicted molar refractivity (Wildman–Crippen MR) is 102 cm³/mol. The molecule has 1 aromatic carbocycles. The molecule has 136 valence electrons. The van der Waals surface area contributed by atoms with E-state index in [2.05, 4.69) is 11.9 Å². The summed E-state index contributed by atoms with van der Waals surface area (Å²) in [4.78, 5) is 4.47. The number of aromatic nitrogens is 1. The predicted octanol–water partition coefficient (Wildman–Crippen LogP) is 5.71. The quantitative estimate of drug-likeness (QED) is 0.560. The summed E-state index contributed by atoms with van der Waals surface area (Å²) in [6.07, 6.45) is 9.68. The van der Waals surface area contributed by atoms with Crippen molar-refractivity contribution in [2.75, 3.05) is 0 Å². The summed E-state index contributed by atoms with van der Waals surface area (Å²) >= 11 is 0. The van der Waals surface area contributed by atoms with Crippen LogP contribution in [0.15, 0.2) is 36.5 Å². The zero-order valence-corrected chi connectivity index (χ0v) is 15.5. The molecule has 0 saturated carbocycles. The molecule has 1 aromatic heterocycles. The highest BCUT2D eigenvalue weighted by Gasteiger charge is 2.07. The van der Waals surface area contributed by atoms with Crippen LogP contribution in [0.25, 0.3) is 11.3 Å². The van der Waals surface area contributed by atoms with E-state index in [0.29, 0.717) is 0 Å². The molecular formula is C22H30FNO. The second kappa shape index (κ2) is 10.3. The van der Waals surface area contributed by atoms with Gasteiger partial charge in [-0.25, -0.2) is 4.39 Å². The van der Waals surface area contributed by atoms with Gasteiger partial charge in [0.2, 0.25) is 0 Å². The maximum absolute atomic E-state index is 14.3. The third kappa shape index (κ3) is 6.58. The first-order valence-electron chi connectivity index (χ1n) is 9.52. The smallest absolute Gasteiger partial charge is 0.127 e. The maximum Gasteiger partial charge on any atom is 0.127 e. The Morgan fingerprint density at radius 2 is 1.88 bits per heavy atom. The van der Waals surface area contributed by atoms with Gasteiger partial charge in [0.1, 0.15) is 5.82 Å². The number of pyridine rings is 1. The lowest BCUT2D eigenvalue weighted by molar-refractivity contribution is 0.181. The van der Waals surface area contributed by atoms with Crippen molar-refractivity contribution in [3.63, 3.8) is 0 Å². The third-order valence-corrected chi connectivity index (χ3v) is 4.56.